The predicted molar refractivity (Wildman–Crippen MR) is 112 cm³/mol. The van der Waals surface area contributed by atoms with Crippen LogP contribution in [0.5, 0.6) is 5.75 Å². The summed E-state index contributed by atoms with van der Waals surface area (Å²) >= 11 is 6.20. The smallest absolute Gasteiger partial charge is 0.246 e. The van der Waals surface area contributed by atoms with Gasteiger partial charge >= 0.3 is 0 Å². The van der Waals surface area contributed by atoms with Gasteiger partial charge in [0.25, 0.3) is 0 Å². The fourth-order valence-electron chi connectivity index (χ4n) is 3.09. The van der Waals surface area contributed by atoms with E-state index < -0.39 is 0 Å². The standard InChI is InChI=1S/C22H18ClN3O2/c1-28-18-10-8-17(9-11-18)24-21(27)14-26-20-12-7-16(23)13-19(20)22(25-26)15-5-3-2-4-6-15/h2-13H,14H2,1H3,(H,24,27). The van der Waals surface area contributed by atoms with Crippen LogP contribution in [-0.2, 0) is 11.3 Å². The molecule has 5 nitrogen and oxygen atoms in total. The third kappa shape index (κ3) is 3.70. The fourth-order valence-corrected chi connectivity index (χ4v) is 3.26. The molecule has 0 saturated carbocycles. The SMILES string of the molecule is COc1ccc(NC(=O)Cn2nc(-c3ccccc3)c3cc(Cl)ccc32)cc1. The van der Waals surface area contributed by atoms with Crippen LogP contribution in [0.2, 0.25) is 5.02 Å². The molecule has 3 aromatic carbocycles. The summed E-state index contributed by atoms with van der Waals surface area (Å²) < 4.78 is 6.84. The van der Waals surface area contributed by atoms with E-state index in [1.807, 2.05) is 42.5 Å². The van der Waals surface area contributed by atoms with E-state index in [0.29, 0.717) is 10.7 Å². The lowest BCUT2D eigenvalue weighted by Crippen LogP contribution is -2.19. The van der Waals surface area contributed by atoms with Crippen molar-refractivity contribution < 1.29 is 9.53 Å². The van der Waals surface area contributed by atoms with Crippen LogP contribution in [0.25, 0.3) is 22.2 Å². The maximum atomic E-state index is 12.6. The van der Waals surface area contributed by atoms with Gasteiger partial charge < -0.3 is 10.1 Å². The minimum atomic E-state index is -0.163. The van der Waals surface area contributed by atoms with Gasteiger partial charge in [-0.1, -0.05) is 41.9 Å². The van der Waals surface area contributed by atoms with Crippen molar-refractivity contribution in [3.63, 3.8) is 0 Å². The second-order valence-electron chi connectivity index (χ2n) is 6.31. The summed E-state index contributed by atoms with van der Waals surface area (Å²) in [5, 5.41) is 9.12. The monoisotopic (exact) mass is 391 g/mol. The molecule has 0 radical (unpaired) electrons. The van der Waals surface area contributed by atoms with Crippen LogP contribution in [0.3, 0.4) is 0 Å². The van der Waals surface area contributed by atoms with Crippen molar-refractivity contribution in [1.29, 1.82) is 0 Å². The Hall–Kier alpha value is -3.31. The third-order valence-corrected chi connectivity index (χ3v) is 4.66. The molecular formula is C22H18ClN3O2. The van der Waals surface area contributed by atoms with Gasteiger partial charge in [0.2, 0.25) is 5.91 Å². The number of aromatic nitrogens is 2. The van der Waals surface area contributed by atoms with E-state index in [0.717, 1.165) is 27.9 Å². The summed E-state index contributed by atoms with van der Waals surface area (Å²) in [5.41, 5.74) is 3.33. The molecule has 140 valence electrons. The molecule has 28 heavy (non-hydrogen) atoms. The molecule has 0 atom stereocenters. The number of benzene rings is 3. The Labute approximate surface area is 167 Å². The van der Waals surface area contributed by atoms with Crippen LogP contribution in [0.4, 0.5) is 5.69 Å². The number of fused-ring (bicyclic) bond motifs is 1. The Morgan fingerprint density at radius 1 is 1.07 bits per heavy atom. The summed E-state index contributed by atoms with van der Waals surface area (Å²) in [5.74, 6) is 0.574. The van der Waals surface area contributed by atoms with E-state index in [-0.39, 0.29) is 12.5 Å². The molecule has 1 amide bonds. The second-order valence-corrected chi connectivity index (χ2v) is 6.75. The molecule has 0 spiro atoms. The number of methoxy groups -OCH3 is 1. The number of carbonyl (C=O) groups is 1. The molecule has 0 fully saturated rings. The van der Waals surface area contributed by atoms with Crippen LogP contribution in [0.1, 0.15) is 0 Å². The minimum absolute atomic E-state index is 0.0942. The largest absolute Gasteiger partial charge is 0.497 e. The first-order valence-corrected chi connectivity index (χ1v) is 9.17. The lowest BCUT2D eigenvalue weighted by Gasteiger charge is -2.07. The van der Waals surface area contributed by atoms with Crippen molar-refractivity contribution >= 4 is 34.1 Å². The molecule has 0 aliphatic carbocycles. The Balaban J connectivity index is 1.64. The van der Waals surface area contributed by atoms with Crippen LogP contribution in [-0.4, -0.2) is 22.8 Å². The first-order chi connectivity index (χ1) is 13.6. The Morgan fingerprint density at radius 3 is 2.54 bits per heavy atom. The van der Waals surface area contributed by atoms with Gasteiger partial charge in [0.05, 0.1) is 12.6 Å². The van der Waals surface area contributed by atoms with Gasteiger partial charge in [-0.05, 0) is 42.5 Å². The molecule has 0 bridgehead atoms. The summed E-state index contributed by atoms with van der Waals surface area (Å²) in [4.78, 5) is 12.6. The lowest BCUT2D eigenvalue weighted by atomic mass is 10.1. The zero-order chi connectivity index (χ0) is 19.5. The zero-order valence-corrected chi connectivity index (χ0v) is 16.0. The maximum absolute atomic E-state index is 12.6. The highest BCUT2D eigenvalue weighted by Gasteiger charge is 2.15. The number of hydrogen-bond donors (Lipinski definition) is 1. The number of anilines is 1. The molecule has 6 heteroatoms. The Kier molecular flexibility index (Phi) is 5.00. The fraction of sp³-hybridized carbons (Fsp3) is 0.0909. The third-order valence-electron chi connectivity index (χ3n) is 4.43. The van der Waals surface area contributed by atoms with E-state index in [9.17, 15) is 4.79 Å². The number of nitrogens with one attached hydrogen (secondary N) is 1. The normalized spacial score (nSPS) is 10.8. The van der Waals surface area contributed by atoms with E-state index in [4.69, 9.17) is 16.3 Å². The summed E-state index contributed by atoms with van der Waals surface area (Å²) in [6, 6.07) is 22.6. The molecule has 0 unspecified atom stereocenters. The van der Waals surface area contributed by atoms with E-state index >= 15 is 0 Å². The van der Waals surface area contributed by atoms with Crippen molar-refractivity contribution in [2.45, 2.75) is 6.54 Å². The number of nitrogens with zero attached hydrogens (tertiary/aromatic N) is 2. The van der Waals surface area contributed by atoms with Gasteiger partial charge in [0.15, 0.2) is 0 Å². The number of ether oxygens (including phenoxy) is 1. The number of halogens is 1. The van der Waals surface area contributed by atoms with Gasteiger partial charge in [0.1, 0.15) is 18.0 Å². The molecule has 0 saturated heterocycles. The summed E-state index contributed by atoms with van der Waals surface area (Å²) in [6.07, 6.45) is 0. The topological polar surface area (TPSA) is 56.1 Å². The zero-order valence-electron chi connectivity index (χ0n) is 15.2. The van der Waals surface area contributed by atoms with Crippen molar-refractivity contribution in [3.05, 3.63) is 77.8 Å². The predicted octanol–water partition coefficient (Wildman–Crippen LogP) is 5.00. The first-order valence-electron chi connectivity index (χ1n) is 8.79. The van der Waals surface area contributed by atoms with E-state index in [1.54, 1.807) is 42.1 Å². The highest BCUT2D eigenvalue weighted by atomic mass is 35.5. The molecule has 1 N–H and O–H groups in total. The number of hydrogen-bond acceptors (Lipinski definition) is 3. The van der Waals surface area contributed by atoms with Crippen LogP contribution < -0.4 is 10.1 Å². The Bertz CT molecular complexity index is 1120. The summed E-state index contributed by atoms with van der Waals surface area (Å²) in [7, 11) is 1.60. The van der Waals surface area contributed by atoms with E-state index in [1.165, 1.54) is 0 Å². The van der Waals surface area contributed by atoms with Gasteiger partial charge in [-0.3, -0.25) is 9.48 Å². The first kappa shape index (κ1) is 18.1. The Morgan fingerprint density at radius 2 is 1.82 bits per heavy atom. The van der Waals surface area contributed by atoms with Gasteiger partial charge in [0, 0.05) is 21.7 Å². The highest BCUT2D eigenvalue weighted by molar-refractivity contribution is 6.31. The second kappa shape index (κ2) is 7.74. The van der Waals surface area contributed by atoms with Crippen molar-refractivity contribution in [3.8, 4) is 17.0 Å². The quantitative estimate of drug-likeness (QED) is 0.520. The number of amides is 1. The molecule has 0 aliphatic rings. The number of rotatable bonds is 5. The van der Waals surface area contributed by atoms with Gasteiger partial charge in [-0.15, -0.1) is 0 Å². The van der Waals surface area contributed by atoms with Crippen LogP contribution in [0, 0.1) is 0 Å². The van der Waals surface area contributed by atoms with Crippen molar-refractivity contribution in [2.75, 3.05) is 12.4 Å². The molecular weight excluding hydrogens is 374 g/mol. The number of carbonyl (C=O) groups excluding carboxylic acids is 1. The van der Waals surface area contributed by atoms with Crippen molar-refractivity contribution in [2.24, 2.45) is 0 Å². The molecule has 0 aliphatic heterocycles. The van der Waals surface area contributed by atoms with E-state index in [2.05, 4.69) is 10.4 Å². The minimum Gasteiger partial charge on any atom is -0.497 e. The van der Waals surface area contributed by atoms with Crippen molar-refractivity contribution in [1.82, 2.24) is 9.78 Å². The van der Waals surface area contributed by atoms with Gasteiger partial charge in [-0.2, -0.15) is 5.10 Å². The molecule has 4 aromatic rings. The highest BCUT2D eigenvalue weighted by Crippen LogP contribution is 2.30. The lowest BCUT2D eigenvalue weighted by molar-refractivity contribution is -0.116. The average Bonchev–Trinajstić information content (AvgIpc) is 3.06. The summed E-state index contributed by atoms with van der Waals surface area (Å²) in [6.45, 7) is 0.0942. The maximum Gasteiger partial charge on any atom is 0.246 e. The molecule has 1 heterocycles. The van der Waals surface area contributed by atoms with Gasteiger partial charge in [-0.25, -0.2) is 0 Å². The van der Waals surface area contributed by atoms with Crippen LogP contribution in [0.15, 0.2) is 72.8 Å². The average molecular weight is 392 g/mol. The molecule has 1 aromatic heterocycles. The van der Waals surface area contributed by atoms with Crippen LogP contribution >= 0.6 is 11.6 Å². The molecule has 4 rings (SSSR count).